The predicted octanol–water partition coefficient (Wildman–Crippen LogP) is 2.53. The Hall–Kier alpha value is -3.23. The van der Waals surface area contributed by atoms with Crippen molar-refractivity contribution in [2.75, 3.05) is 17.6 Å². The number of halogens is 2. The van der Waals surface area contributed by atoms with Crippen LogP contribution < -0.4 is 11.1 Å². The summed E-state index contributed by atoms with van der Waals surface area (Å²) in [5.74, 6) is 0.271. The molecule has 3 N–H and O–H groups in total. The van der Waals surface area contributed by atoms with Crippen molar-refractivity contribution < 1.29 is 8.78 Å². The smallest absolute Gasteiger partial charge is 0.219 e. The maximum Gasteiger partial charge on any atom is 0.219 e. The fraction of sp³-hybridized carbons (Fsp3) is 0.278. The highest BCUT2D eigenvalue weighted by Crippen LogP contribution is 2.45. The molecule has 27 heavy (non-hydrogen) atoms. The molecule has 0 spiro atoms. The second kappa shape index (κ2) is 6.82. The molecule has 1 fully saturated rings. The van der Waals surface area contributed by atoms with Crippen molar-refractivity contribution in [2.24, 2.45) is 0 Å². The van der Waals surface area contributed by atoms with E-state index in [2.05, 4.69) is 30.5 Å². The van der Waals surface area contributed by atoms with Gasteiger partial charge in [0.2, 0.25) is 5.95 Å². The summed E-state index contributed by atoms with van der Waals surface area (Å²) >= 11 is 0. The number of pyridine rings is 1. The van der Waals surface area contributed by atoms with E-state index in [1.54, 1.807) is 24.5 Å². The van der Waals surface area contributed by atoms with Crippen LogP contribution in [0.15, 0.2) is 42.9 Å². The zero-order chi connectivity index (χ0) is 18.9. The molecule has 0 bridgehead atoms. The summed E-state index contributed by atoms with van der Waals surface area (Å²) in [6.45, 7) is 0.320. The van der Waals surface area contributed by atoms with Gasteiger partial charge in [-0.1, -0.05) is 0 Å². The van der Waals surface area contributed by atoms with Gasteiger partial charge in [-0.05, 0) is 37.1 Å². The first-order valence-electron chi connectivity index (χ1n) is 8.46. The number of aromatic nitrogens is 5. The number of nitrogens with two attached hydrogens (primary N) is 1. The van der Waals surface area contributed by atoms with Gasteiger partial charge in [0.1, 0.15) is 17.8 Å². The molecule has 1 aliphatic carbocycles. The van der Waals surface area contributed by atoms with Crippen molar-refractivity contribution in [1.29, 1.82) is 0 Å². The third-order valence-corrected chi connectivity index (χ3v) is 4.73. The first-order valence-corrected chi connectivity index (χ1v) is 8.46. The molecule has 1 saturated carbocycles. The number of alkyl halides is 1. The summed E-state index contributed by atoms with van der Waals surface area (Å²) in [6, 6.07) is 6.37. The molecule has 4 rings (SSSR count). The van der Waals surface area contributed by atoms with E-state index in [0.717, 1.165) is 0 Å². The molecule has 1 aliphatic rings. The summed E-state index contributed by atoms with van der Waals surface area (Å²) in [4.78, 5) is 12.0. The van der Waals surface area contributed by atoms with Gasteiger partial charge in [0.25, 0.3) is 0 Å². The molecule has 0 atom stereocenters. The minimum absolute atomic E-state index is 0.184. The molecule has 9 heteroatoms. The van der Waals surface area contributed by atoms with Crippen molar-refractivity contribution in [3.63, 3.8) is 0 Å². The number of nitrogen functional groups attached to an aromatic ring is 1. The van der Waals surface area contributed by atoms with Crippen molar-refractivity contribution in [3.8, 4) is 11.3 Å². The molecule has 7 nitrogen and oxygen atoms in total. The Kier molecular flexibility index (Phi) is 4.35. The first-order chi connectivity index (χ1) is 13.1. The molecule has 3 aromatic heterocycles. The Morgan fingerprint density at radius 3 is 2.52 bits per heavy atom. The highest BCUT2D eigenvalue weighted by Gasteiger charge is 2.48. The molecule has 0 aliphatic heterocycles. The molecule has 0 unspecified atom stereocenters. The summed E-state index contributed by atoms with van der Waals surface area (Å²) in [5.41, 5.74) is 6.36. The van der Waals surface area contributed by atoms with Crippen molar-refractivity contribution >= 4 is 11.8 Å². The molecule has 3 heterocycles. The van der Waals surface area contributed by atoms with Gasteiger partial charge in [0.05, 0.1) is 11.4 Å². The number of hydrogen-bond donors (Lipinski definition) is 2. The monoisotopic (exact) mass is 369 g/mol. The lowest BCUT2D eigenvalue weighted by Gasteiger charge is -2.43. The zero-order valence-corrected chi connectivity index (χ0v) is 14.3. The van der Waals surface area contributed by atoms with Crippen molar-refractivity contribution in [1.82, 2.24) is 25.1 Å². The number of anilines is 2. The van der Waals surface area contributed by atoms with E-state index in [1.807, 2.05) is 0 Å². The standard InChI is InChI=1S/C18H17F2N7/c19-12-6-18(7-12,16-13(20)2-1-5-22-16)10-25-15-4-3-14(26-27-15)11-8-23-17(21)24-9-11/h1-5,8-9,12H,6-7,10H2,(H,25,27)(H2,21,23,24)/t12-,18-. The van der Waals surface area contributed by atoms with Crippen LogP contribution in [0.5, 0.6) is 0 Å². The van der Waals surface area contributed by atoms with Crippen molar-refractivity contribution in [3.05, 3.63) is 54.4 Å². The second-order valence-corrected chi connectivity index (χ2v) is 6.61. The topological polar surface area (TPSA) is 102 Å². The van der Waals surface area contributed by atoms with Gasteiger partial charge < -0.3 is 11.1 Å². The van der Waals surface area contributed by atoms with Gasteiger partial charge in [0.15, 0.2) is 0 Å². The Balaban J connectivity index is 1.49. The largest absolute Gasteiger partial charge is 0.368 e. The molecular formula is C18H17F2N7. The van der Waals surface area contributed by atoms with Gasteiger partial charge >= 0.3 is 0 Å². The van der Waals surface area contributed by atoms with E-state index in [9.17, 15) is 8.78 Å². The first kappa shape index (κ1) is 17.2. The minimum Gasteiger partial charge on any atom is -0.368 e. The lowest BCUT2D eigenvalue weighted by molar-refractivity contribution is 0.0964. The third kappa shape index (κ3) is 3.40. The summed E-state index contributed by atoms with van der Waals surface area (Å²) < 4.78 is 27.8. The van der Waals surface area contributed by atoms with E-state index in [4.69, 9.17) is 5.73 Å². The second-order valence-electron chi connectivity index (χ2n) is 6.61. The average molecular weight is 369 g/mol. The van der Waals surface area contributed by atoms with Gasteiger partial charge in [-0.2, -0.15) is 0 Å². The van der Waals surface area contributed by atoms with Gasteiger partial charge in [-0.3, -0.25) is 4.98 Å². The Bertz CT molecular complexity index is 925. The number of hydrogen-bond acceptors (Lipinski definition) is 7. The van der Waals surface area contributed by atoms with Crippen LogP contribution in [-0.4, -0.2) is 37.9 Å². The van der Waals surface area contributed by atoms with Crippen LogP contribution in [0.3, 0.4) is 0 Å². The normalized spacial score (nSPS) is 21.5. The van der Waals surface area contributed by atoms with Crippen LogP contribution in [0, 0.1) is 5.82 Å². The maximum atomic E-state index is 14.2. The van der Waals surface area contributed by atoms with E-state index in [-0.39, 0.29) is 24.5 Å². The number of rotatable bonds is 5. The fourth-order valence-corrected chi connectivity index (χ4v) is 3.30. The fourth-order valence-electron chi connectivity index (χ4n) is 3.30. The zero-order valence-electron chi connectivity index (χ0n) is 14.3. The molecule has 138 valence electrons. The van der Waals surface area contributed by atoms with E-state index < -0.39 is 17.4 Å². The molecular weight excluding hydrogens is 352 g/mol. The number of nitrogens with zero attached hydrogens (tertiary/aromatic N) is 5. The van der Waals surface area contributed by atoms with Gasteiger partial charge in [-0.15, -0.1) is 10.2 Å². The molecule has 3 aromatic rings. The molecule has 0 radical (unpaired) electrons. The van der Waals surface area contributed by atoms with Crippen LogP contribution in [0.25, 0.3) is 11.3 Å². The Morgan fingerprint density at radius 1 is 1.11 bits per heavy atom. The summed E-state index contributed by atoms with van der Waals surface area (Å²) in [5, 5.41) is 11.4. The maximum absolute atomic E-state index is 14.2. The lowest BCUT2D eigenvalue weighted by atomic mass is 9.65. The van der Waals surface area contributed by atoms with Crippen LogP contribution in [0.2, 0.25) is 0 Å². The van der Waals surface area contributed by atoms with E-state index >= 15 is 0 Å². The summed E-state index contributed by atoms with van der Waals surface area (Å²) in [7, 11) is 0. The quantitative estimate of drug-likeness (QED) is 0.712. The average Bonchev–Trinajstić information content (AvgIpc) is 2.66. The third-order valence-electron chi connectivity index (χ3n) is 4.73. The SMILES string of the molecule is Nc1ncc(-c2ccc(NC[C@]3(c4ncccc4F)C[C@H](F)C3)nn2)cn1. The minimum atomic E-state index is -0.952. The van der Waals surface area contributed by atoms with Crippen LogP contribution >= 0.6 is 0 Å². The summed E-state index contributed by atoms with van der Waals surface area (Å²) in [6.07, 6.45) is 4.15. The number of nitrogens with one attached hydrogen (secondary N) is 1. The van der Waals surface area contributed by atoms with E-state index in [1.165, 1.54) is 18.3 Å². The highest BCUT2D eigenvalue weighted by atomic mass is 19.1. The Morgan fingerprint density at radius 2 is 1.89 bits per heavy atom. The van der Waals surface area contributed by atoms with Crippen LogP contribution in [0.4, 0.5) is 20.5 Å². The molecule has 0 aromatic carbocycles. The van der Waals surface area contributed by atoms with Gasteiger partial charge in [0, 0.05) is 36.1 Å². The molecule has 0 saturated heterocycles. The highest BCUT2D eigenvalue weighted by molar-refractivity contribution is 5.57. The lowest BCUT2D eigenvalue weighted by Crippen LogP contribution is -2.49. The Labute approximate surface area is 154 Å². The van der Waals surface area contributed by atoms with E-state index in [0.29, 0.717) is 23.6 Å². The van der Waals surface area contributed by atoms with Gasteiger partial charge in [-0.25, -0.2) is 18.7 Å². The van der Waals surface area contributed by atoms with Crippen molar-refractivity contribution in [2.45, 2.75) is 24.4 Å². The molecule has 0 amide bonds. The predicted molar refractivity (Wildman–Crippen MR) is 96.0 cm³/mol. The van der Waals surface area contributed by atoms with Crippen LogP contribution in [-0.2, 0) is 5.41 Å². The van der Waals surface area contributed by atoms with Crippen LogP contribution in [0.1, 0.15) is 18.5 Å².